The fraction of sp³-hybridized carbons (Fsp3) is 0.421. The molecule has 0 aromatic heterocycles. The van der Waals surface area contributed by atoms with Crippen LogP contribution in [-0.2, 0) is 19.0 Å². The van der Waals surface area contributed by atoms with E-state index in [2.05, 4.69) is 12.2 Å². The highest BCUT2D eigenvalue weighted by molar-refractivity contribution is 5.89. The highest BCUT2D eigenvalue weighted by Crippen LogP contribution is 2.46. The molecule has 1 aliphatic carbocycles. The van der Waals surface area contributed by atoms with E-state index in [9.17, 15) is 9.59 Å². The van der Waals surface area contributed by atoms with Crippen molar-refractivity contribution in [1.29, 1.82) is 5.26 Å². The van der Waals surface area contributed by atoms with Crippen LogP contribution in [0.1, 0.15) is 25.3 Å². The van der Waals surface area contributed by atoms with Crippen LogP contribution in [0.2, 0.25) is 0 Å². The number of rotatable bonds is 3. The SMILES string of the molecule is COC(=O)C1=COC(OC(=O)Nc2cccc(C#N)c2)C2C(C)CCC12. The molecule has 1 N–H and O–H groups in total. The van der Waals surface area contributed by atoms with Crippen LogP contribution in [0.25, 0.3) is 0 Å². The molecule has 1 fully saturated rings. The van der Waals surface area contributed by atoms with Crippen LogP contribution in [-0.4, -0.2) is 25.5 Å². The van der Waals surface area contributed by atoms with Gasteiger partial charge < -0.3 is 14.2 Å². The van der Waals surface area contributed by atoms with Crippen LogP contribution in [0, 0.1) is 29.1 Å². The van der Waals surface area contributed by atoms with Gasteiger partial charge in [0, 0.05) is 17.5 Å². The lowest BCUT2D eigenvalue weighted by Crippen LogP contribution is -2.39. The van der Waals surface area contributed by atoms with Crippen molar-refractivity contribution in [3.63, 3.8) is 0 Å². The molecule has 26 heavy (non-hydrogen) atoms. The summed E-state index contributed by atoms with van der Waals surface area (Å²) < 4.78 is 15.8. The number of amides is 1. The second-order valence-electron chi connectivity index (χ2n) is 6.53. The molecular weight excluding hydrogens is 336 g/mol. The standard InChI is InChI=1S/C19H20N2O5/c1-11-6-7-14-15(17(22)24-2)10-25-18(16(11)14)26-19(23)21-13-5-3-4-12(8-13)9-20/h3-5,8,10-11,14,16,18H,6-7H2,1-2H3,(H,21,23). The van der Waals surface area contributed by atoms with Crippen molar-refractivity contribution < 1.29 is 23.8 Å². The van der Waals surface area contributed by atoms with E-state index >= 15 is 0 Å². The molecule has 1 aliphatic heterocycles. The predicted octanol–water partition coefficient (Wildman–Crippen LogP) is 3.18. The first kappa shape index (κ1) is 17.8. The molecule has 4 unspecified atom stereocenters. The molecule has 0 saturated heterocycles. The van der Waals surface area contributed by atoms with Crippen LogP contribution in [0.5, 0.6) is 0 Å². The molecule has 0 bridgehead atoms. The summed E-state index contributed by atoms with van der Waals surface area (Å²) in [7, 11) is 1.34. The Kier molecular flexibility index (Phi) is 5.12. The first-order valence-corrected chi connectivity index (χ1v) is 8.45. The van der Waals surface area contributed by atoms with Crippen molar-refractivity contribution in [3.8, 4) is 6.07 Å². The van der Waals surface area contributed by atoms with E-state index in [0.717, 1.165) is 12.8 Å². The minimum atomic E-state index is -0.773. The zero-order chi connectivity index (χ0) is 18.7. The molecule has 0 radical (unpaired) electrons. The summed E-state index contributed by atoms with van der Waals surface area (Å²) in [6.07, 6.45) is 1.64. The summed E-state index contributed by atoms with van der Waals surface area (Å²) in [6, 6.07) is 8.55. The summed E-state index contributed by atoms with van der Waals surface area (Å²) >= 11 is 0. The van der Waals surface area contributed by atoms with E-state index < -0.39 is 18.4 Å². The molecule has 0 spiro atoms. The van der Waals surface area contributed by atoms with Crippen molar-refractivity contribution in [2.75, 3.05) is 12.4 Å². The first-order valence-electron chi connectivity index (χ1n) is 8.45. The minimum Gasteiger partial charge on any atom is -0.466 e. The summed E-state index contributed by atoms with van der Waals surface area (Å²) in [6.45, 7) is 2.05. The number of anilines is 1. The fourth-order valence-electron chi connectivity index (χ4n) is 3.71. The highest BCUT2D eigenvalue weighted by Gasteiger charge is 2.48. The lowest BCUT2D eigenvalue weighted by atomic mass is 9.83. The number of benzene rings is 1. The number of hydrogen-bond acceptors (Lipinski definition) is 6. The molecule has 7 nitrogen and oxygen atoms in total. The Bertz CT molecular complexity index is 782. The van der Waals surface area contributed by atoms with Gasteiger partial charge in [0.1, 0.15) is 0 Å². The van der Waals surface area contributed by atoms with Crippen molar-refractivity contribution in [1.82, 2.24) is 0 Å². The lowest BCUT2D eigenvalue weighted by Gasteiger charge is -2.34. The van der Waals surface area contributed by atoms with Gasteiger partial charge in [-0.15, -0.1) is 0 Å². The fourth-order valence-corrected chi connectivity index (χ4v) is 3.71. The monoisotopic (exact) mass is 356 g/mol. The molecule has 1 aromatic rings. The van der Waals surface area contributed by atoms with Gasteiger partial charge in [0.2, 0.25) is 6.29 Å². The van der Waals surface area contributed by atoms with Crippen LogP contribution in [0.3, 0.4) is 0 Å². The number of ether oxygens (including phenoxy) is 3. The smallest absolute Gasteiger partial charge is 0.414 e. The Morgan fingerprint density at radius 1 is 1.35 bits per heavy atom. The van der Waals surface area contributed by atoms with Gasteiger partial charge in [0.25, 0.3) is 0 Å². The van der Waals surface area contributed by atoms with Crippen molar-refractivity contribution in [2.24, 2.45) is 17.8 Å². The average Bonchev–Trinajstić information content (AvgIpc) is 3.03. The zero-order valence-corrected chi connectivity index (χ0v) is 14.6. The molecule has 1 amide bonds. The van der Waals surface area contributed by atoms with Gasteiger partial charge in [-0.25, -0.2) is 9.59 Å². The third kappa shape index (κ3) is 3.49. The predicted molar refractivity (Wildman–Crippen MR) is 91.6 cm³/mol. The van der Waals surface area contributed by atoms with E-state index in [1.165, 1.54) is 13.4 Å². The highest BCUT2D eigenvalue weighted by atomic mass is 16.7. The van der Waals surface area contributed by atoms with Gasteiger partial charge in [-0.2, -0.15) is 5.26 Å². The Morgan fingerprint density at radius 3 is 2.88 bits per heavy atom. The topological polar surface area (TPSA) is 97.7 Å². The van der Waals surface area contributed by atoms with Gasteiger partial charge in [-0.1, -0.05) is 13.0 Å². The summed E-state index contributed by atoms with van der Waals surface area (Å²) in [5.74, 6) is -0.324. The molecule has 3 rings (SSSR count). The zero-order valence-electron chi connectivity index (χ0n) is 14.6. The average molecular weight is 356 g/mol. The maximum absolute atomic E-state index is 12.2. The van der Waals surface area contributed by atoms with Crippen LogP contribution in [0.4, 0.5) is 10.5 Å². The van der Waals surface area contributed by atoms with Gasteiger partial charge in [-0.3, -0.25) is 5.32 Å². The van der Waals surface area contributed by atoms with Crippen LogP contribution in [0.15, 0.2) is 36.1 Å². The maximum atomic E-state index is 12.2. The number of carbonyl (C=O) groups excluding carboxylic acids is 2. The Morgan fingerprint density at radius 2 is 2.15 bits per heavy atom. The minimum absolute atomic E-state index is 0.0501. The van der Waals surface area contributed by atoms with Crippen LogP contribution >= 0.6 is 0 Å². The van der Waals surface area contributed by atoms with Crippen LogP contribution < -0.4 is 5.32 Å². The number of methoxy groups -OCH3 is 1. The summed E-state index contributed by atoms with van der Waals surface area (Å²) in [5.41, 5.74) is 1.39. The third-order valence-electron chi connectivity index (χ3n) is 4.98. The van der Waals surface area contributed by atoms with Gasteiger partial charge in [0.15, 0.2) is 0 Å². The Balaban J connectivity index is 1.71. The molecule has 2 aliphatic rings. The maximum Gasteiger partial charge on any atom is 0.414 e. The number of hydrogen-bond donors (Lipinski definition) is 1. The number of carbonyl (C=O) groups is 2. The molecule has 1 heterocycles. The quantitative estimate of drug-likeness (QED) is 0.835. The molecule has 136 valence electrons. The number of fused-ring (bicyclic) bond motifs is 1. The number of esters is 1. The second-order valence-corrected chi connectivity index (χ2v) is 6.53. The van der Waals surface area contributed by atoms with E-state index in [1.807, 2.05) is 6.07 Å². The lowest BCUT2D eigenvalue weighted by molar-refractivity contribution is -0.144. The summed E-state index contributed by atoms with van der Waals surface area (Å²) in [5, 5.41) is 11.5. The molecule has 7 heteroatoms. The van der Waals surface area contributed by atoms with Crippen molar-refractivity contribution >= 4 is 17.7 Å². The molecule has 4 atom stereocenters. The van der Waals surface area contributed by atoms with Crippen molar-refractivity contribution in [2.45, 2.75) is 26.1 Å². The van der Waals surface area contributed by atoms with E-state index in [0.29, 0.717) is 16.8 Å². The Hall–Kier alpha value is -3.01. The molecule has 1 saturated carbocycles. The van der Waals surface area contributed by atoms with Crippen molar-refractivity contribution in [3.05, 3.63) is 41.7 Å². The van der Waals surface area contributed by atoms with E-state index in [1.54, 1.807) is 24.3 Å². The third-order valence-corrected chi connectivity index (χ3v) is 4.98. The Labute approximate surface area is 151 Å². The number of nitrogens with one attached hydrogen (secondary N) is 1. The van der Waals surface area contributed by atoms with Gasteiger partial charge in [-0.05, 0) is 37.0 Å². The summed E-state index contributed by atoms with van der Waals surface area (Å²) in [4.78, 5) is 24.2. The van der Waals surface area contributed by atoms with E-state index in [4.69, 9.17) is 19.5 Å². The first-order chi connectivity index (χ1) is 12.5. The second kappa shape index (κ2) is 7.48. The van der Waals surface area contributed by atoms with E-state index in [-0.39, 0.29) is 17.8 Å². The van der Waals surface area contributed by atoms with Gasteiger partial charge >= 0.3 is 12.1 Å². The normalized spacial score (nSPS) is 26.6. The number of nitrogens with zero attached hydrogens (tertiary/aromatic N) is 1. The molecular formula is C19H20N2O5. The van der Waals surface area contributed by atoms with Gasteiger partial charge in [0.05, 0.1) is 30.6 Å². The number of nitriles is 1. The molecule has 1 aromatic carbocycles. The largest absolute Gasteiger partial charge is 0.466 e.